The molecule has 2 nitrogen and oxygen atoms in total. The quantitative estimate of drug-likeness (QED) is 0.145. The van der Waals surface area contributed by atoms with E-state index in [-0.39, 0.29) is 0 Å². The Morgan fingerprint density at radius 2 is 0.812 bits per heavy atom. The van der Waals surface area contributed by atoms with Crippen molar-refractivity contribution in [3.8, 4) is 39.1 Å². The average molecular weight is 895 g/mol. The van der Waals surface area contributed by atoms with E-state index >= 15 is 0 Å². The van der Waals surface area contributed by atoms with Crippen LogP contribution < -0.4 is 4.90 Å². The topological polar surface area (TPSA) is 8.17 Å². The van der Waals surface area contributed by atoms with Crippen LogP contribution in [0.4, 0.5) is 17.1 Å². The van der Waals surface area contributed by atoms with Crippen LogP contribution in [0.15, 0.2) is 255 Å². The third-order valence-electron chi connectivity index (χ3n) is 14.2. The van der Waals surface area contributed by atoms with E-state index in [0.717, 1.165) is 28.3 Å². The van der Waals surface area contributed by atoms with Gasteiger partial charge >= 0.3 is 0 Å². The van der Waals surface area contributed by atoms with E-state index in [2.05, 4.69) is 264 Å². The number of hydrogen-bond acceptors (Lipinski definition) is 2. The monoisotopic (exact) mass is 894 g/mol. The lowest BCUT2D eigenvalue weighted by atomic mass is 9.96. The Labute approximate surface area is 403 Å². The van der Waals surface area contributed by atoms with Crippen molar-refractivity contribution in [2.24, 2.45) is 0 Å². The van der Waals surface area contributed by atoms with E-state index < -0.39 is 0 Å². The SMILES string of the molecule is c1ccc(N(c2ccc(-c3ccc4c(c3)sc3c5ccccc5ccc43)cc2)c2ccc(-c3ccccc3-n3c4ccccc4c4ccccc43)cc2)c(-c2ccc3c(ccc4ccccc43)c2)c1. The standard InChI is InChI=1S/C66H42N2S/c1-3-15-52-44(13-1)25-26-48-41-49(33-38-53(48)52)55-17-6-9-21-61(55)67(50-34-27-43(28-35-50)47-32-39-59-60-40-31-45-14-2-4-18-56(45)66(60)69-65(59)42-47)51-36-29-46(30-37-51)54-16-5-10-22-62(54)68-63-23-11-7-19-57(63)58-20-8-12-24-64(58)68/h1-42H. The van der Waals surface area contributed by atoms with Crippen LogP contribution in [0, 0.1) is 0 Å². The molecule has 0 aliphatic rings. The second kappa shape index (κ2) is 16.0. The van der Waals surface area contributed by atoms with Gasteiger partial charge in [0.15, 0.2) is 0 Å². The number of thiophene rings is 1. The normalized spacial score (nSPS) is 11.8. The molecule has 2 aromatic heterocycles. The summed E-state index contributed by atoms with van der Waals surface area (Å²) in [5.41, 5.74) is 13.9. The van der Waals surface area contributed by atoms with Gasteiger partial charge in [0, 0.05) is 53.4 Å². The molecular weight excluding hydrogens is 853 g/mol. The highest BCUT2D eigenvalue weighted by Crippen LogP contribution is 2.45. The van der Waals surface area contributed by atoms with Crippen molar-refractivity contribution in [2.45, 2.75) is 0 Å². The Hall–Kier alpha value is -8.76. The van der Waals surface area contributed by atoms with Gasteiger partial charge in [0.2, 0.25) is 0 Å². The fourth-order valence-corrected chi connectivity index (χ4v) is 12.2. The van der Waals surface area contributed by atoms with Crippen molar-refractivity contribution >= 4 is 103 Å². The maximum absolute atomic E-state index is 2.42. The van der Waals surface area contributed by atoms with Crippen LogP contribution in [-0.2, 0) is 0 Å². The Kier molecular flexibility index (Phi) is 9.11. The molecule has 0 amide bonds. The zero-order valence-corrected chi connectivity index (χ0v) is 38.4. The predicted molar refractivity (Wildman–Crippen MR) is 297 cm³/mol. The second-order valence-electron chi connectivity index (χ2n) is 18.0. The van der Waals surface area contributed by atoms with Gasteiger partial charge in [-0.25, -0.2) is 0 Å². The fraction of sp³-hybridized carbons (Fsp3) is 0. The molecule has 0 aliphatic carbocycles. The first-order valence-corrected chi connectivity index (χ1v) is 24.5. The summed E-state index contributed by atoms with van der Waals surface area (Å²) in [6.07, 6.45) is 0. The Bertz CT molecular complexity index is 4260. The smallest absolute Gasteiger partial charge is 0.0541 e. The number of rotatable bonds is 7. The van der Waals surface area contributed by atoms with Gasteiger partial charge in [-0.1, -0.05) is 194 Å². The van der Waals surface area contributed by atoms with Crippen LogP contribution in [0.2, 0.25) is 0 Å². The fourth-order valence-electron chi connectivity index (χ4n) is 10.9. The lowest BCUT2D eigenvalue weighted by molar-refractivity contribution is 1.18. The van der Waals surface area contributed by atoms with Gasteiger partial charge in [0.1, 0.15) is 0 Å². The number of fused-ring (bicyclic) bond motifs is 11. The molecule has 69 heavy (non-hydrogen) atoms. The molecule has 3 heteroatoms. The van der Waals surface area contributed by atoms with E-state index in [1.165, 1.54) is 102 Å². The summed E-state index contributed by atoms with van der Waals surface area (Å²) in [5.74, 6) is 0. The first kappa shape index (κ1) is 39.4. The van der Waals surface area contributed by atoms with Gasteiger partial charge in [-0.15, -0.1) is 11.3 Å². The molecule has 0 saturated carbocycles. The number of anilines is 3. The van der Waals surface area contributed by atoms with Crippen LogP contribution in [0.3, 0.4) is 0 Å². The highest BCUT2D eigenvalue weighted by atomic mass is 32.1. The number of nitrogens with zero attached hydrogens (tertiary/aromatic N) is 2. The van der Waals surface area contributed by atoms with Crippen LogP contribution >= 0.6 is 11.3 Å². The molecule has 2 heterocycles. The van der Waals surface area contributed by atoms with E-state index in [0.29, 0.717) is 0 Å². The molecule has 14 rings (SSSR count). The molecule has 0 fully saturated rings. The van der Waals surface area contributed by atoms with Gasteiger partial charge < -0.3 is 9.47 Å². The van der Waals surface area contributed by atoms with Crippen LogP contribution in [0.25, 0.3) is 113 Å². The third-order valence-corrected chi connectivity index (χ3v) is 15.4. The van der Waals surface area contributed by atoms with E-state index in [1.54, 1.807) is 0 Å². The first-order chi connectivity index (χ1) is 34.2. The minimum absolute atomic E-state index is 1.08. The van der Waals surface area contributed by atoms with Gasteiger partial charge in [0.25, 0.3) is 0 Å². The molecule has 0 radical (unpaired) electrons. The molecule has 0 aliphatic heterocycles. The first-order valence-electron chi connectivity index (χ1n) is 23.7. The summed E-state index contributed by atoms with van der Waals surface area (Å²) >= 11 is 1.89. The minimum atomic E-state index is 1.08. The van der Waals surface area contributed by atoms with Gasteiger partial charge in [0.05, 0.1) is 22.4 Å². The van der Waals surface area contributed by atoms with Crippen molar-refractivity contribution in [2.75, 3.05) is 4.90 Å². The Morgan fingerprint density at radius 3 is 1.57 bits per heavy atom. The van der Waals surface area contributed by atoms with Crippen molar-refractivity contribution < 1.29 is 0 Å². The average Bonchev–Trinajstić information content (AvgIpc) is 3.97. The second-order valence-corrected chi connectivity index (χ2v) is 19.1. The molecule has 322 valence electrons. The van der Waals surface area contributed by atoms with Crippen LogP contribution in [0.5, 0.6) is 0 Å². The van der Waals surface area contributed by atoms with E-state index in [4.69, 9.17) is 0 Å². The molecule has 12 aromatic carbocycles. The molecular formula is C66H42N2S. The maximum Gasteiger partial charge on any atom is 0.0541 e. The highest BCUT2D eigenvalue weighted by Gasteiger charge is 2.20. The summed E-state index contributed by atoms with van der Waals surface area (Å²) in [6, 6.07) is 93.7. The highest BCUT2D eigenvalue weighted by molar-refractivity contribution is 7.26. The number of hydrogen-bond donors (Lipinski definition) is 0. The zero-order chi connectivity index (χ0) is 45.4. The van der Waals surface area contributed by atoms with Gasteiger partial charge in [-0.2, -0.15) is 0 Å². The summed E-state index contributed by atoms with van der Waals surface area (Å²) in [6.45, 7) is 0. The summed E-state index contributed by atoms with van der Waals surface area (Å²) < 4.78 is 5.08. The Morgan fingerprint density at radius 1 is 0.304 bits per heavy atom. The maximum atomic E-state index is 2.42. The van der Waals surface area contributed by atoms with Gasteiger partial charge in [-0.3, -0.25) is 0 Å². The molecule has 0 unspecified atom stereocenters. The van der Waals surface area contributed by atoms with Crippen LogP contribution in [0.1, 0.15) is 0 Å². The summed E-state index contributed by atoms with van der Waals surface area (Å²) in [5, 5.41) is 12.8. The van der Waals surface area contributed by atoms with Crippen molar-refractivity contribution in [3.05, 3.63) is 255 Å². The summed E-state index contributed by atoms with van der Waals surface area (Å²) in [7, 11) is 0. The lowest BCUT2D eigenvalue weighted by Crippen LogP contribution is -2.11. The predicted octanol–water partition coefficient (Wildman–Crippen LogP) is 19.1. The number of aromatic nitrogens is 1. The van der Waals surface area contributed by atoms with Crippen molar-refractivity contribution in [1.82, 2.24) is 4.57 Å². The molecule has 0 spiro atoms. The van der Waals surface area contributed by atoms with Crippen LogP contribution in [-0.4, -0.2) is 4.57 Å². The molecule has 0 saturated heterocycles. The lowest BCUT2D eigenvalue weighted by Gasteiger charge is -2.28. The summed E-state index contributed by atoms with van der Waals surface area (Å²) in [4.78, 5) is 2.42. The molecule has 14 aromatic rings. The molecule has 0 atom stereocenters. The largest absolute Gasteiger partial charge is 0.310 e. The van der Waals surface area contributed by atoms with Crippen molar-refractivity contribution in [3.63, 3.8) is 0 Å². The Balaban J connectivity index is 0.892. The molecule has 0 bridgehead atoms. The van der Waals surface area contributed by atoms with Gasteiger partial charge in [-0.05, 0) is 115 Å². The van der Waals surface area contributed by atoms with Crippen molar-refractivity contribution in [1.29, 1.82) is 0 Å². The zero-order valence-electron chi connectivity index (χ0n) is 37.6. The minimum Gasteiger partial charge on any atom is -0.310 e. The number of benzene rings is 12. The van der Waals surface area contributed by atoms with E-state index in [1.807, 2.05) is 11.3 Å². The number of para-hydroxylation sites is 4. The molecule has 0 N–H and O–H groups in total. The third kappa shape index (κ3) is 6.47. The van der Waals surface area contributed by atoms with E-state index in [9.17, 15) is 0 Å².